The lowest BCUT2D eigenvalue weighted by atomic mass is 10.2. The van der Waals surface area contributed by atoms with E-state index in [4.69, 9.17) is 0 Å². The van der Waals surface area contributed by atoms with Crippen molar-refractivity contribution in [3.8, 4) is 0 Å². The Balaban J connectivity index is 1.54. The van der Waals surface area contributed by atoms with Gasteiger partial charge in [0.1, 0.15) is 5.82 Å². The SMILES string of the molecule is Cc1ccc(SCCC(=O)Nc2ccc(S(=O)(=O)Cc3ccccc3F)cc2)cc1. The minimum Gasteiger partial charge on any atom is -0.326 e. The topological polar surface area (TPSA) is 63.2 Å². The number of hydrogen-bond donors (Lipinski definition) is 1. The van der Waals surface area contributed by atoms with Crippen molar-refractivity contribution in [3.05, 3.63) is 89.7 Å². The van der Waals surface area contributed by atoms with Crippen LogP contribution in [0.3, 0.4) is 0 Å². The Kier molecular flexibility index (Phi) is 7.29. The molecule has 1 amide bonds. The Hall–Kier alpha value is -2.64. The fraction of sp³-hybridized carbons (Fsp3) is 0.174. The van der Waals surface area contributed by atoms with Gasteiger partial charge >= 0.3 is 0 Å². The number of nitrogens with one attached hydrogen (secondary N) is 1. The molecule has 0 aliphatic rings. The average molecular weight is 444 g/mol. The maximum Gasteiger partial charge on any atom is 0.225 e. The molecule has 0 bridgehead atoms. The molecular weight excluding hydrogens is 421 g/mol. The fourth-order valence-corrected chi connectivity index (χ4v) is 4.98. The zero-order valence-corrected chi connectivity index (χ0v) is 18.1. The number of aryl methyl sites for hydroxylation is 1. The summed E-state index contributed by atoms with van der Waals surface area (Å²) in [6.45, 7) is 2.03. The maximum atomic E-state index is 13.8. The van der Waals surface area contributed by atoms with Crippen molar-refractivity contribution in [1.82, 2.24) is 0 Å². The van der Waals surface area contributed by atoms with Gasteiger partial charge in [0.2, 0.25) is 5.91 Å². The molecule has 0 saturated heterocycles. The van der Waals surface area contributed by atoms with Gasteiger partial charge in [0, 0.05) is 28.3 Å². The molecule has 0 atom stereocenters. The van der Waals surface area contributed by atoms with Crippen molar-refractivity contribution in [3.63, 3.8) is 0 Å². The smallest absolute Gasteiger partial charge is 0.225 e. The van der Waals surface area contributed by atoms with E-state index in [9.17, 15) is 17.6 Å². The third-order valence-corrected chi connectivity index (χ3v) is 7.11. The van der Waals surface area contributed by atoms with Crippen LogP contribution in [-0.4, -0.2) is 20.1 Å². The van der Waals surface area contributed by atoms with E-state index in [0.717, 1.165) is 4.90 Å². The monoisotopic (exact) mass is 443 g/mol. The summed E-state index contributed by atoms with van der Waals surface area (Å²) < 4.78 is 38.8. The normalized spacial score (nSPS) is 11.3. The lowest BCUT2D eigenvalue weighted by molar-refractivity contribution is -0.115. The number of halogens is 1. The van der Waals surface area contributed by atoms with Crippen LogP contribution in [0.4, 0.5) is 10.1 Å². The molecule has 4 nitrogen and oxygen atoms in total. The number of thioether (sulfide) groups is 1. The fourth-order valence-electron chi connectivity index (χ4n) is 2.77. The molecular formula is C23H22FNO3S2. The molecule has 0 spiro atoms. The van der Waals surface area contributed by atoms with Gasteiger partial charge in [0.05, 0.1) is 10.6 Å². The summed E-state index contributed by atoms with van der Waals surface area (Å²) in [6.07, 6.45) is 0.339. The molecule has 0 unspecified atom stereocenters. The van der Waals surface area contributed by atoms with Crippen LogP contribution < -0.4 is 5.32 Å². The number of carbonyl (C=O) groups excluding carboxylic acids is 1. The minimum atomic E-state index is -3.69. The van der Waals surface area contributed by atoms with Gasteiger partial charge in [-0.15, -0.1) is 11.8 Å². The third kappa shape index (κ3) is 6.18. The van der Waals surface area contributed by atoms with Gasteiger partial charge in [-0.2, -0.15) is 0 Å². The first-order valence-electron chi connectivity index (χ1n) is 9.39. The quantitative estimate of drug-likeness (QED) is 0.484. The molecule has 1 N–H and O–H groups in total. The van der Waals surface area contributed by atoms with Crippen LogP contribution in [0.2, 0.25) is 0 Å². The Bertz CT molecular complexity index is 1110. The highest BCUT2D eigenvalue weighted by Gasteiger charge is 2.17. The molecule has 3 rings (SSSR count). The van der Waals surface area contributed by atoms with Crippen molar-refractivity contribution in [2.75, 3.05) is 11.1 Å². The van der Waals surface area contributed by atoms with Gasteiger partial charge in [-0.1, -0.05) is 35.9 Å². The molecule has 0 saturated carbocycles. The van der Waals surface area contributed by atoms with E-state index in [1.165, 1.54) is 35.9 Å². The second-order valence-corrected chi connectivity index (χ2v) is 9.99. The minimum absolute atomic E-state index is 0.0821. The van der Waals surface area contributed by atoms with Crippen LogP contribution in [0.15, 0.2) is 82.6 Å². The van der Waals surface area contributed by atoms with E-state index in [-0.39, 0.29) is 16.4 Å². The van der Waals surface area contributed by atoms with Gasteiger partial charge < -0.3 is 5.32 Å². The van der Waals surface area contributed by atoms with Crippen LogP contribution in [0.25, 0.3) is 0 Å². The Morgan fingerprint density at radius 1 is 0.967 bits per heavy atom. The number of rotatable bonds is 8. The molecule has 3 aromatic carbocycles. The number of anilines is 1. The highest BCUT2D eigenvalue weighted by molar-refractivity contribution is 7.99. The molecule has 0 heterocycles. The largest absolute Gasteiger partial charge is 0.326 e. The predicted octanol–water partition coefficient (Wildman–Crippen LogP) is 5.23. The Morgan fingerprint density at radius 2 is 1.63 bits per heavy atom. The van der Waals surface area contributed by atoms with Crippen molar-refractivity contribution in [1.29, 1.82) is 0 Å². The lowest BCUT2D eigenvalue weighted by Crippen LogP contribution is -2.12. The van der Waals surface area contributed by atoms with Crippen LogP contribution in [0.1, 0.15) is 17.5 Å². The number of amides is 1. The molecule has 7 heteroatoms. The third-order valence-electron chi connectivity index (χ3n) is 4.42. The van der Waals surface area contributed by atoms with Crippen molar-refractivity contribution in [2.24, 2.45) is 0 Å². The molecule has 0 fully saturated rings. The Morgan fingerprint density at radius 3 is 2.30 bits per heavy atom. The van der Waals surface area contributed by atoms with Gasteiger partial charge in [-0.3, -0.25) is 4.79 Å². The summed E-state index contributed by atoms with van der Waals surface area (Å²) >= 11 is 1.61. The van der Waals surface area contributed by atoms with Gasteiger partial charge in [0.15, 0.2) is 9.84 Å². The average Bonchev–Trinajstić information content (AvgIpc) is 2.71. The summed E-state index contributed by atoms with van der Waals surface area (Å²) in [6, 6.07) is 19.9. The lowest BCUT2D eigenvalue weighted by Gasteiger charge is -2.08. The summed E-state index contributed by atoms with van der Waals surface area (Å²) in [4.78, 5) is 13.3. The zero-order chi connectivity index (χ0) is 21.6. The zero-order valence-electron chi connectivity index (χ0n) is 16.5. The summed E-state index contributed by atoms with van der Waals surface area (Å²) in [5, 5.41) is 2.77. The molecule has 0 aromatic heterocycles. The van der Waals surface area contributed by atoms with E-state index in [2.05, 4.69) is 5.32 Å². The molecule has 0 aliphatic carbocycles. The summed E-state index contributed by atoms with van der Waals surface area (Å²) in [7, 11) is -3.69. The van der Waals surface area contributed by atoms with E-state index in [1.54, 1.807) is 30.0 Å². The predicted molar refractivity (Wildman–Crippen MR) is 119 cm³/mol. The van der Waals surface area contributed by atoms with Crippen LogP contribution in [-0.2, 0) is 20.4 Å². The van der Waals surface area contributed by atoms with E-state index in [1.807, 2.05) is 31.2 Å². The van der Waals surface area contributed by atoms with Crippen LogP contribution in [0.5, 0.6) is 0 Å². The second-order valence-electron chi connectivity index (χ2n) is 6.83. The molecule has 3 aromatic rings. The van der Waals surface area contributed by atoms with Gasteiger partial charge in [-0.25, -0.2) is 12.8 Å². The number of sulfone groups is 1. The number of carbonyl (C=O) groups is 1. The summed E-state index contributed by atoms with van der Waals surface area (Å²) in [5.41, 5.74) is 1.84. The number of benzene rings is 3. The van der Waals surface area contributed by atoms with Crippen molar-refractivity contribution >= 4 is 33.2 Å². The highest BCUT2D eigenvalue weighted by Crippen LogP contribution is 2.22. The second kappa shape index (κ2) is 9.91. The first kappa shape index (κ1) is 22.1. The van der Waals surface area contributed by atoms with E-state index in [0.29, 0.717) is 17.9 Å². The molecule has 30 heavy (non-hydrogen) atoms. The molecule has 0 radical (unpaired) electrons. The highest BCUT2D eigenvalue weighted by atomic mass is 32.2. The van der Waals surface area contributed by atoms with Gasteiger partial charge in [0.25, 0.3) is 0 Å². The van der Waals surface area contributed by atoms with Crippen LogP contribution in [0, 0.1) is 12.7 Å². The molecule has 0 aliphatic heterocycles. The maximum absolute atomic E-state index is 13.8. The van der Waals surface area contributed by atoms with Crippen molar-refractivity contribution < 1.29 is 17.6 Å². The van der Waals surface area contributed by atoms with E-state index >= 15 is 0 Å². The summed E-state index contributed by atoms with van der Waals surface area (Å²) in [5.74, 6) is -0.462. The standard InChI is InChI=1S/C23H22FNO3S2/c1-17-6-10-20(11-7-17)29-15-14-23(26)25-19-8-12-21(13-9-19)30(27,28)16-18-4-2-3-5-22(18)24/h2-13H,14-16H2,1H3,(H,25,26). The molecule has 156 valence electrons. The first-order chi connectivity index (χ1) is 14.3. The van der Waals surface area contributed by atoms with Crippen LogP contribution >= 0.6 is 11.8 Å². The first-order valence-corrected chi connectivity index (χ1v) is 12.0. The van der Waals surface area contributed by atoms with Gasteiger partial charge in [-0.05, 0) is 49.4 Å². The van der Waals surface area contributed by atoms with Crippen molar-refractivity contribution in [2.45, 2.75) is 28.9 Å². The Labute approximate surface area is 180 Å². The number of hydrogen-bond acceptors (Lipinski definition) is 4. The van der Waals surface area contributed by atoms with E-state index < -0.39 is 21.4 Å².